The highest BCUT2D eigenvalue weighted by Crippen LogP contribution is 2.29. The van der Waals surface area contributed by atoms with Crippen LogP contribution in [0.5, 0.6) is 0 Å². The maximum Gasteiger partial charge on any atom is 0.277 e. The average molecular weight is 197 g/mol. The summed E-state index contributed by atoms with van der Waals surface area (Å²) in [5, 5.41) is 29.5. The van der Waals surface area contributed by atoms with Crippen molar-refractivity contribution in [3.05, 3.63) is 39.9 Å². The first-order valence-electron chi connectivity index (χ1n) is 4.17. The summed E-state index contributed by atoms with van der Waals surface area (Å²) in [5.74, 6) is -2.14. The summed E-state index contributed by atoms with van der Waals surface area (Å²) >= 11 is 0. The van der Waals surface area contributed by atoms with Crippen molar-refractivity contribution in [3.8, 4) is 0 Å². The van der Waals surface area contributed by atoms with E-state index in [4.69, 9.17) is 0 Å². The van der Waals surface area contributed by atoms with Gasteiger partial charge in [0.05, 0.1) is 10.5 Å². The zero-order chi connectivity index (χ0) is 10.8. The Morgan fingerprint density at radius 1 is 1.43 bits per heavy atom. The van der Waals surface area contributed by atoms with E-state index in [9.17, 15) is 20.3 Å². The number of nitro benzene ring substituents is 1. The van der Waals surface area contributed by atoms with Gasteiger partial charge in [0.25, 0.3) is 5.69 Å². The zero-order valence-corrected chi connectivity index (χ0v) is 7.67. The number of hydrogen-bond donors (Lipinski definition) is 2. The minimum absolute atomic E-state index is 0.00213. The van der Waals surface area contributed by atoms with E-state index in [1.54, 1.807) is 0 Å². The van der Waals surface area contributed by atoms with Crippen molar-refractivity contribution >= 4 is 5.69 Å². The fraction of sp³-hybridized carbons (Fsp3) is 0.333. The molecule has 0 aliphatic heterocycles. The van der Waals surface area contributed by atoms with Crippen LogP contribution in [0, 0.1) is 10.1 Å². The summed E-state index contributed by atoms with van der Waals surface area (Å²) < 4.78 is 0. The molecule has 0 aromatic heterocycles. The molecule has 0 atom stereocenters. The highest BCUT2D eigenvalue weighted by molar-refractivity contribution is 5.42. The monoisotopic (exact) mass is 197 g/mol. The molecule has 0 saturated heterocycles. The van der Waals surface area contributed by atoms with Crippen molar-refractivity contribution in [3.63, 3.8) is 0 Å². The molecule has 2 N–H and O–H groups in total. The van der Waals surface area contributed by atoms with Crippen LogP contribution in [-0.2, 0) is 5.79 Å². The minimum atomic E-state index is -2.14. The van der Waals surface area contributed by atoms with Crippen molar-refractivity contribution in [1.82, 2.24) is 0 Å². The molecule has 0 unspecified atom stereocenters. The van der Waals surface area contributed by atoms with Gasteiger partial charge in [0, 0.05) is 12.5 Å². The molecule has 76 valence electrons. The number of benzene rings is 1. The van der Waals surface area contributed by atoms with E-state index in [1.165, 1.54) is 31.2 Å². The van der Waals surface area contributed by atoms with Gasteiger partial charge >= 0.3 is 0 Å². The topological polar surface area (TPSA) is 83.6 Å². The highest BCUT2D eigenvalue weighted by Gasteiger charge is 2.30. The largest absolute Gasteiger partial charge is 0.362 e. The van der Waals surface area contributed by atoms with E-state index < -0.39 is 10.7 Å². The molecule has 0 heterocycles. The van der Waals surface area contributed by atoms with Gasteiger partial charge < -0.3 is 10.2 Å². The number of hydrogen-bond acceptors (Lipinski definition) is 4. The number of nitrogens with zero attached hydrogens (tertiary/aromatic N) is 1. The fourth-order valence-corrected chi connectivity index (χ4v) is 1.16. The maximum atomic E-state index is 10.6. The lowest BCUT2D eigenvalue weighted by Crippen LogP contribution is -2.24. The number of aliphatic hydroxyl groups is 2. The van der Waals surface area contributed by atoms with E-state index in [-0.39, 0.29) is 17.7 Å². The van der Waals surface area contributed by atoms with Gasteiger partial charge in [-0.1, -0.05) is 19.1 Å². The van der Waals surface area contributed by atoms with Crippen LogP contribution >= 0.6 is 0 Å². The van der Waals surface area contributed by atoms with E-state index in [0.717, 1.165) is 0 Å². The van der Waals surface area contributed by atoms with E-state index in [2.05, 4.69) is 0 Å². The summed E-state index contributed by atoms with van der Waals surface area (Å²) in [6.45, 7) is 1.54. The molecule has 1 aromatic rings. The Morgan fingerprint density at radius 2 is 2.00 bits per heavy atom. The predicted octanol–water partition coefficient (Wildman–Crippen LogP) is 1.14. The highest BCUT2D eigenvalue weighted by atomic mass is 16.6. The van der Waals surface area contributed by atoms with Gasteiger partial charge in [-0.25, -0.2) is 0 Å². The van der Waals surface area contributed by atoms with Crippen LogP contribution in [0.1, 0.15) is 18.9 Å². The van der Waals surface area contributed by atoms with Gasteiger partial charge in [0.1, 0.15) is 0 Å². The summed E-state index contributed by atoms with van der Waals surface area (Å²) in [4.78, 5) is 9.93. The van der Waals surface area contributed by atoms with Gasteiger partial charge in [-0.3, -0.25) is 10.1 Å². The third-order valence-corrected chi connectivity index (χ3v) is 2.03. The standard InChI is InChI=1S/C9H11NO4/c1-2-9(11,12)7-5-3-4-6-8(7)10(13)14/h3-6,11-12H,2H2,1H3. The smallest absolute Gasteiger partial charge is 0.277 e. The Bertz CT molecular complexity index is 348. The number of para-hydroxylation sites is 1. The molecule has 0 bridgehead atoms. The minimum Gasteiger partial charge on any atom is -0.362 e. The van der Waals surface area contributed by atoms with Gasteiger partial charge in [-0.05, 0) is 6.07 Å². The number of nitro groups is 1. The molecular weight excluding hydrogens is 186 g/mol. The molecule has 14 heavy (non-hydrogen) atoms. The molecule has 5 nitrogen and oxygen atoms in total. The van der Waals surface area contributed by atoms with Crippen LogP contribution in [-0.4, -0.2) is 15.1 Å². The lowest BCUT2D eigenvalue weighted by atomic mass is 10.0. The van der Waals surface area contributed by atoms with E-state index in [1.807, 2.05) is 0 Å². The molecule has 1 rings (SSSR count). The first kappa shape index (κ1) is 10.6. The Balaban J connectivity index is 3.27. The third-order valence-electron chi connectivity index (χ3n) is 2.03. The van der Waals surface area contributed by atoms with Crippen LogP contribution < -0.4 is 0 Å². The first-order chi connectivity index (χ1) is 6.49. The van der Waals surface area contributed by atoms with Crippen LogP contribution in [0.2, 0.25) is 0 Å². The van der Waals surface area contributed by atoms with Crippen LogP contribution in [0.25, 0.3) is 0 Å². The SMILES string of the molecule is CCC(O)(O)c1ccccc1[N+](=O)[O-]. The van der Waals surface area contributed by atoms with E-state index in [0.29, 0.717) is 0 Å². The molecule has 1 aromatic carbocycles. The van der Waals surface area contributed by atoms with Gasteiger partial charge in [-0.15, -0.1) is 0 Å². The molecule has 0 saturated carbocycles. The Labute approximate surface area is 80.8 Å². The summed E-state index contributed by atoms with van der Waals surface area (Å²) in [6.07, 6.45) is -0.00213. The lowest BCUT2D eigenvalue weighted by Gasteiger charge is -2.19. The molecule has 5 heteroatoms. The molecular formula is C9H11NO4. The molecule has 0 fully saturated rings. The third kappa shape index (κ3) is 1.89. The van der Waals surface area contributed by atoms with Crippen LogP contribution in [0.4, 0.5) is 5.69 Å². The van der Waals surface area contributed by atoms with Crippen LogP contribution in [0.3, 0.4) is 0 Å². The molecule has 0 spiro atoms. The number of rotatable bonds is 3. The van der Waals surface area contributed by atoms with Crippen molar-refractivity contribution in [1.29, 1.82) is 0 Å². The quantitative estimate of drug-likeness (QED) is 0.432. The van der Waals surface area contributed by atoms with Gasteiger partial charge in [0.2, 0.25) is 0 Å². The molecule has 0 aliphatic carbocycles. The van der Waals surface area contributed by atoms with E-state index >= 15 is 0 Å². The fourth-order valence-electron chi connectivity index (χ4n) is 1.16. The van der Waals surface area contributed by atoms with Gasteiger partial charge in [0.15, 0.2) is 5.79 Å². The second-order valence-corrected chi connectivity index (χ2v) is 2.94. The Morgan fingerprint density at radius 3 is 2.50 bits per heavy atom. The lowest BCUT2D eigenvalue weighted by molar-refractivity contribution is -0.388. The molecule has 0 aliphatic rings. The predicted molar refractivity (Wildman–Crippen MR) is 49.5 cm³/mol. The Kier molecular flexibility index (Phi) is 2.83. The maximum absolute atomic E-state index is 10.6. The summed E-state index contributed by atoms with van der Waals surface area (Å²) in [7, 11) is 0. The van der Waals surface area contributed by atoms with Crippen molar-refractivity contribution in [2.45, 2.75) is 19.1 Å². The Hall–Kier alpha value is -1.46. The van der Waals surface area contributed by atoms with Gasteiger partial charge in [-0.2, -0.15) is 0 Å². The first-order valence-corrected chi connectivity index (χ1v) is 4.17. The molecule has 0 amide bonds. The van der Waals surface area contributed by atoms with Crippen molar-refractivity contribution in [2.75, 3.05) is 0 Å². The summed E-state index contributed by atoms with van der Waals surface area (Å²) in [5.41, 5.74) is -0.355. The van der Waals surface area contributed by atoms with Crippen molar-refractivity contribution in [2.24, 2.45) is 0 Å². The average Bonchev–Trinajstić information content (AvgIpc) is 2.18. The second kappa shape index (κ2) is 3.73. The van der Waals surface area contributed by atoms with Crippen LogP contribution in [0.15, 0.2) is 24.3 Å². The van der Waals surface area contributed by atoms with Crippen molar-refractivity contribution < 1.29 is 15.1 Å². The summed E-state index contributed by atoms with van der Waals surface area (Å²) in [6, 6.07) is 5.58. The second-order valence-electron chi connectivity index (χ2n) is 2.94. The molecule has 0 radical (unpaired) electrons. The zero-order valence-electron chi connectivity index (χ0n) is 7.67. The normalized spacial score (nSPS) is 11.4.